The second kappa shape index (κ2) is 4.66. The summed E-state index contributed by atoms with van der Waals surface area (Å²) in [5.74, 6) is 0.0238. The van der Waals surface area contributed by atoms with Gasteiger partial charge in [-0.2, -0.15) is 0 Å². The maximum absolute atomic E-state index is 11.1. The van der Waals surface area contributed by atoms with Crippen molar-refractivity contribution in [3.8, 4) is 0 Å². The molecule has 0 saturated carbocycles. The number of amides is 1. The maximum Gasteiger partial charge on any atom is 0.217 e. The van der Waals surface area contributed by atoms with E-state index in [-0.39, 0.29) is 18.1 Å². The summed E-state index contributed by atoms with van der Waals surface area (Å²) in [5, 5.41) is 2.99. The van der Waals surface area contributed by atoms with E-state index in [1.807, 2.05) is 12.1 Å². The van der Waals surface area contributed by atoms with Crippen LogP contribution in [0.1, 0.15) is 43.0 Å². The first-order valence-corrected chi connectivity index (χ1v) is 5.61. The third-order valence-electron chi connectivity index (χ3n) is 3.10. The molecule has 1 aromatic rings. The minimum absolute atomic E-state index is 0.0238. The van der Waals surface area contributed by atoms with Crippen LogP contribution in [0.3, 0.4) is 0 Å². The Balaban J connectivity index is 2.31. The summed E-state index contributed by atoms with van der Waals surface area (Å²) in [5.41, 5.74) is 2.39. The van der Waals surface area contributed by atoms with E-state index in [2.05, 4.69) is 17.4 Å². The molecule has 0 bridgehead atoms. The van der Waals surface area contributed by atoms with Crippen molar-refractivity contribution in [3.63, 3.8) is 0 Å². The average Bonchev–Trinajstić information content (AvgIpc) is 2.29. The van der Waals surface area contributed by atoms with Gasteiger partial charge in [-0.15, -0.1) is 0 Å². The molecule has 0 heterocycles. The smallest absolute Gasteiger partial charge is 0.217 e. The van der Waals surface area contributed by atoms with Crippen LogP contribution in [0.2, 0.25) is 0 Å². The molecular formula is C13H17NO2. The molecule has 0 fully saturated rings. The van der Waals surface area contributed by atoms with E-state index in [4.69, 9.17) is 4.74 Å². The lowest BCUT2D eigenvalue weighted by atomic mass is 9.85. The molecule has 3 nitrogen and oxygen atoms in total. The normalized spacial score (nSPS) is 23.6. The zero-order valence-electron chi connectivity index (χ0n) is 9.69. The number of ether oxygens (including phenoxy) is 1. The zero-order valence-corrected chi connectivity index (χ0v) is 9.69. The van der Waals surface area contributed by atoms with Crippen LogP contribution in [-0.2, 0) is 9.53 Å². The molecule has 0 spiro atoms. The van der Waals surface area contributed by atoms with E-state index in [1.54, 1.807) is 14.0 Å². The van der Waals surface area contributed by atoms with Gasteiger partial charge in [0.1, 0.15) is 0 Å². The Hall–Kier alpha value is -1.35. The van der Waals surface area contributed by atoms with Crippen LogP contribution >= 0.6 is 0 Å². The van der Waals surface area contributed by atoms with E-state index < -0.39 is 0 Å². The Morgan fingerprint density at radius 3 is 2.62 bits per heavy atom. The van der Waals surface area contributed by atoms with Gasteiger partial charge in [0.15, 0.2) is 0 Å². The van der Waals surface area contributed by atoms with Crippen molar-refractivity contribution in [1.82, 2.24) is 5.32 Å². The second-order valence-electron chi connectivity index (χ2n) is 4.18. The van der Waals surface area contributed by atoms with Crippen LogP contribution in [0.4, 0.5) is 0 Å². The van der Waals surface area contributed by atoms with Crippen molar-refractivity contribution >= 4 is 5.91 Å². The van der Waals surface area contributed by atoms with Gasteiger partial charge < -0.3 is 10.1 Å². The molecule has 3 heteroatoms. The van der Waals surface area contributed by atoms with Crippen molar-refractivity contribution in [1.29, 1.82) is 0 Å². The number of carbonyl (C=O) groups is 1. The van der Waals surface area contributed by atoms with Crippen molar-refractivity contribution in [3.05, 3.63) is 35.4 Å². The lowest BCUT2D eigenvalue weighted by Gasteiger charge is -2.31. The molecular weight excluding hydrogens is 202 g/mol. The van der Waals surface area contributed by atoms with Crippen LogP contribution in [0, 0.1) is 0 Å². The summed E-state index contributed by atoms with van der Waals surface area (Å²) >= 11 is 0. The zero-order chi connectivity index (χ0) is 11.5. The average molecular weight is 219 g/mol. The number of hydrogen-bond donors (Lipinski definition) is 1. The highest BCUT2D eigenvalue weighted by Crippen LogP contribution is 2.37. The van der Waals surface area contributed by atoms with Crippen LogP contribution in [0.15, 0.2) is 24.3 Å². The predicted octanol–water partition coefficient (Wildman–Crippen LogP) is 2.35. The summed E-state index contributed by atoms with van der Waals surface area (Å²) in [6, 6.07) is 8.31. The monoisotopic (exact) mass is 219 g/mol. The Morgan fingerprint density at radius 2 is 2.00 bits per heavy atom. The van der Waals surface area contributed by atoms with Crippen molar-refractivity contribution < 1.29 is 9.53 Å². The molecule has 0 aliphatic heterocycles. The molecule has 0 saturated heterocycles. The van der Waals surface area contributed by atoms with Gasteiger partial charge in [0.2, 0.25) is 5.91 Å². The highest BCUT2D eigenvalue weighted by molar-refractivity contribution is 5.73. The minimum Gasteiger partial charge on any atom is -0.377 e. The summed E-state index contributed by atoms with van der Waals surface area (Å²) in [7, 11) is 1.74. The number of nitrogens with one attached hydrogen (secondary N) is 1. The third-order valence-corrected chi connectivity index (χ3v) is 3.10. The first kappa shape index (κ1) is 11.1. The predicted molar refractivity (Wildman–Crippen MR) is 62.0 cm³/mol. The fourth-order valence-electron chi connectivity index (χ4n) is 2.39. The Morgan fingerprint density at radius 1 is 1.31 bits per heavy atom. The molecule has 1 aliphatic rings. The summed E-state index contributed by atoms with van der Waals surface area (Å²) in [6.45, 7) is 1.56. The number of fused-ring (bicyclic) bond motifs is 1. The van der Waals surface area contributed by atoms with E-state index >= 15 is 0 Å². The summed E-state index contributed by atoms with van der Waals surface area (Å²) < 4.78 is 5.46. The molecule has 2 atom stereocenters. The highest BCUT2D eigenvalue weighted by atomic mass is 16.5. The second-order valence-corrected chi connectivity index (χ2v) is 4.18. The maximum atomic E-state index is 11.1. The first-order valence-electron chi connectivity index (χ1n) is 5.61. The van der Waals surface area contributed by atoms with Gasteiger partial charge in [0.25, 0.3) is 0 Å². The van der Waals surface area contributed by atoms with Gasteiger partial charge in [-0.25, -0.2) is 0 Å². The molecule has 2 rings (SSSR count). The lowest BCUT2D eigenvalue weighted by molar-refractivity contribution is -0.119. The van der Waals surface area contributed by atoms with Crippen LogP contribution < -0.4 is 5.32 Å². The highest BCUT2D eigenvalue weighted by Gasteiger charge is 2.26. The quantitative estimate of drug-likeness (QED) is 0.829. The number of benzene rings is 1. The third kappa shape index (κ3) is 2.09. The molecule has 16 heavy (non-hydrogen) atoms. The molecule has 1 N–H and O–H groups in total. The molecule has 1 unspecified atom stereocenters. The van der Waals surface area contributed by atoms with Crippen LogP contribution in [0.5, 0.6) is 0 Å². The number of rotatable bonds is 2. The summed E-state index contributed by atoms with van der Waals surface area (Å²) in [4.78, 5) is 11.1. The Bertz CT molecular complexity index is 389. The van der Waals surface area contributed by atoms with E-state index in [1.165, 1.54) is 11.1 Å². The Kier molecular flexibility index (Phi) is 3.25. The van der Waals surface area contributed by atoms with Gasteiger partial charge in [-0.3, -0.25) is 4.79 Å². The molecule has 1 amide bonds. The SMILES string of the molecule is CO[C@H]1CCC(NC(C)=O)c2ccccc21. The Labute approximate surface area is 95.8 Å². The fraction of sp³-hybridized carbons (Fsp3) is 0.462. The standard InChI is InChI=1S/C13H17NO2/c1-9(15)14-12-7-8-13(16-2)11-6-4-3-5-10(11)12/h3-6,12-13H,7-8H2,1-2H3,(H,14,15)/t12?,13-/m0/s1. The van der Waals surface area contributed by atoms with Gasteiger partial charge >= 0.3 is 0 Å². The van der Waals surface area contributed by atoms with Crippen LogP contribution in [-0.4, -0.2) is 13.0 Å². The molecule has 0 aromatic heterocycles. The van der Waals surface area contributed by atoms with E-state index in [9.17, 15) is 4.79 Å². The van der Waals surface area contributed by atoms with Crippen molar-refractivity contribution in [2.24, 2.45) is 0 Å². The first-order chi connectivity index (χ1) is 7.72. The number of carbonyl (C=O) groups excluding carboxylic acids is 1. The summed E-state index contributed by atoms with van der Waals surface area (Å²) in [6.07, 6.45) is 2.06. The lowest BCUT2D eigenvalue weighted by Crippen LogP contribution is -2.30. The van der Waals surface area contributed by atoms with Crippen molar-refractivity contribution in [2.75, 3.05) is 7.11 Å². The topological polar surface area (TPSA) is 38.3 Å². The van der Waals surface area contributed by atoms with Crippen molar-refractivity contribution in [2.45, 2.75) is 31.9 Å². The largest absolute Gasteiger partial charge is 0.377 e. The molecule has 86 valence electrons. The fourth-order valence-corrected chi connectivity index (χ4v) is 2.39. The number of methoxy groups -OCH3 is 1. The van der Waals surface area contributed by atoms with Gasteiger partial charge in [-0.1, -0.05) is 24.3 Å². The van der Waals surface area contributed by atoms with Gasteiger partial charge in [0.05, 0.1) is 12.1 Å². The number of hydrogen-bond acceptors (Lipinski definition) is 2. The van der Waals surface area contributed by atoms with Crippen LogP contribution in [0.25, 0.3) is 0 Å². The van der Waals surface area contributed by atoms with E-state index in [0.29, 0.717) is 0 Å². The molecule has 1 aliphatic carbocycles. The molecule has 0 radical (unpaired) electrons. The molecule has 1 aromatic carbocycles. The minimum atomic E-state index is 0.0238. The van der Waals surface area contributed by atoms with Gasteiger partial charge in [0, 0.05) is 14.0 Å². The van der Waals surface area contributed by atoms with Gasteiger partial charge in [-0.05, 0) is 24.0 Å². The van der Waals surface area contributed by atoms with E-state index in [0.717, 1.165) is 12.8 Å².